The van der Waals surface area contributed by atoms with Crippen molar-refractivity contribution >= 4 is 6.08 Å². The van der Waals surface area contributed by atoms with Crippen LogP contribution in [0, 0.1) is 11.3 Å². The zero-order valence-corrected chi connectivity index (χ0v) is 12.1. The highest BCUT2D eigenvalue weighted by Gasteiger charge is 2.31. The Labute approximate surface area is 111 Å². The van der Waals surface area contributed by atoms with Gasteiger partial charge in [-0.2, -0.15) is 0 Å². The Morgan fingerprint density at radius 2 is 1.89 bits per heavy atom. The fraction of sp³-hybridized carbons (Fsp3) is 0.556. The fourth-order valence-corrected chi connectivity index (χ4v) is 3.64. The zero-order chi connectivity index (χ0) is 12.9. The molecule has 96 valence electrons. The summed E-state index contributed by atoms with van der Waals surface area (Å²) < 4.78 is 0. The molecule has 0 N–H and O–H groups in total. The normalized spacial score (nSPS) is 25.0. The molecule has 0 aliphatic heterocycles. The quantitative estimate of drug-likeness (QED) is 0.685. The van der Waals surface area contributed by atoms with Gasteiger partial charge in [-0.1, -0.05) is 58.4 Å². The third-order valence-electron chi connectivity index (χ3n) is 4.84. The molecule has 0 saturated heterocycles. The van der Waals surface area contributed by atoms with E-state index in [-0.39, 0.29) is 0 Å². The van der Waals surface area contributed by atoms with Gasteiger partial charge in [0.2, 0.25) is 0 Å². The van der Waals surface area contributed by atoms with Crippen LogP contribution in [0.25, 0.3) is 6.08 Å². The fourth-order valence-electron chi connectivity index (χ4n) is 3.64. The van der Waals surface area contributed by atoms with Gasteiger partial charge < -0.3 is 0 Å². The minimum atomic E-state index is 0.465. The Morgan fingerprint density at radius 3 is 2.56 bits per heavy atom. The van der Waals surface area contributed by atoms with E-state index in [4.69, 9.17) is 0 Å². The molecular weight excluding hydrogens is 216 g/mol. The summed E-state index contributed by atoms with van der Waals surface area (Å²) in [7, 11) is 0. The highest BCUT2D eigenvalue weighted by atomic mass is 14.4. The van der Waals surface area contributed by atoms with Crippen LogP contribution in [0.4, 0.5) is 0 Å². The van der Waals surface area contributed by atoms with Crippen LogP contribution in [0.5, 0.6) is 0 Å². The highest BCUT2D eigenvalue weighted by Crippen LogP contribution is 2.43. The summed E-state index contributed by atoms with van der Waals surface area (Å²) in [5.41, 5.74) is 6.73. The molecule has 2 aliphatic rings. The second-order valence-corrected chi connectivity index (χ2v) is 7.04. The lowest BCUT2D eigenvalue weighted by molar-refractivity contribution is 0.392. The standard InChI is InChI=1S/C18H24/c1-5-12(2)16-7-6-13-8-14-10-18(3,4)11-15(14)9-17(13)16/h6-9,12,16H,5,10-11H2,1-4H3. The zero-order valence-electron chi connectivity index (χ0n) is 12.1. The lowest BCUT2D eigenvalue weighted by atomic mass is 9.86. The van der Waals surface area contributed by atoms with Crippen LogP contribution in [0.1, 0.15) is 62.3 Å². The number of hydrogen-bond acceptors (Lipinski definition) is 0. The van der Waals surface area contributed by atoms with E-state index in [0.717, 1.165) is 5.92 Å². The Balaban J connectivity index is 2.00. The molecule has 0 spiro atoms. The molecule has 18 heavy (non-hydrogen) atoms. The van der Waals surface area contributed by atoms with Gasteiger partial charge in [0.15, 0.2) is 0 Å². The first-order valence-corrected chi connectivity index (χ1v) is 7.34. The first-order chi connectivity index (χ1) is 8.50. The molecule has 0 aromatic heterocycles. The molecule has 0 nitrogen and oxygen atoms in total. The van der Waals surface area contributed by atoms with Crippen molar-refractivity contribution in [2.45, 2.75) is 52.9 Å². The van der Waals surface area contributed by atoms with Gasteiger partial charge in [-0.15, -0.1) is 0 Å². The van der Waals surface area contributed by atoms with Crippen molar-refractivity contribution in [2.75, 3.05) is 0 Å². The highest BCUT2D eigenvalue weighted by molar-refractivity contribution is 5.65. The van der Waals surface area contributed by atoms with Gasteiger partial charge in [-0.3, -0.25) is 0 Å². The number of benzene rings is 1. The number of allylic oxidation sites excluding steroid dienone is 1. The molecule has 0 heterocycles. The van der Waals surface area contributed by atoms with Crippen LogP contribution < -0.4 is 0 Å². The van der Waals surface area contributed by atoms with E-state index in [9.17, 15) is 0 Å². The molecular formula is C18H24. The molecule has 0 bridgehead atoms. The van der Waals surface area contributed by atoms with Crippen molar-refractivity contribution in [3.8, 4) is 0 Å². The molecule has 0 saturated carbocycles. The van der Waals surface area contributed by atoms with Crippen molar-refractivity contribution in [1.29, 1.82) is 0 Å². The topological polar surface area (TPSA) is 0 Å². The second kappa shape index (κ2) is 3.98. The molecule has 0 radical (unpaired) electrons. The van der Waals surface area contributed by atoms with E-state index >= 15 is 0 Å². The summed E-state index contributed by atoms with van der Waals surface area (Å²) in [6.07, 6.45) is 8.52. The predicted molar refractivity (Wildman–Crippen MR) is 78.9 cm³/mol. The summed E-state index contributed by atoms with van der Waals surface area (Å²) in [5.74, 6) is 1.41. The van der Waals surface area contributed by atoms with E-state index in [1.807, 2.05) is 0 Å². The first kappa shape index (κ1) is 12.0. The molecule has 2 aliphatic carbocycles. The molecule has 0 fully saturated rings. The van der Waals surface area contributed by atoms with Crippen molar-refractivity contribution in [1.82, 2.24) is 0 Å². The third-order valence-corrected chi connectivity index (χ3v) is 4.84. The molecule has 1 aromatic carbocycles. The second-order valence-electron chi connectivity index (χ2n) is 7.04. The largest absolute Gasteiger partial charge is 0.0761 e. The first-order valence-electron chi connectivity index (χ1n) is 7.34. The van der Waals surface area contributed by atoms with Crippen LogP contribution in [0.3, 0.4) is 0 Å². The van der Waals surface area contributed by atoms with E-state index < -0.39 is 0 Å². The SMILES string of the molecule is CCC(C)C1C=Cc2cc3c(cc21)CC(C)(C)C3. The van der Waals surface area contributed by atoms with Gasteiger partial charge in [0.05, 0.1) is 0 Å². The molecule has 0 amide bonds. The minimum Gasteiger partial charge on any atom is -0.0761 e. The maximum absolute atomic E-state index is 2.51. The summed E-state index contributed by atoms with van der Waals surface area (Å²) in [4.78, 5) is 0. The van der Waals surface area contributed by atoms with Gasteiger partial charge >= 0.3 is 0 Å². The van der Waals surface area contributed by atoms with Gasteiger partial charge in [-0.05, 0) is 46.4 Å². The number of hydrogen-bond donors (Lipinski definition) is 0. The number of rotatable bonds is 2. The molecule has 0 heteroatoms. The Kier molecular flexibility index (Phi) is 2.66. The molecule has 1 aromatic rings. The van der Waals surface area contributed by atoms with Crippen LogP contribution in [0.2, 0.25) is 0 Å². The van der Waals surface area contributed by atoms with E-state index in [1.165, 1.54) is 24.8 Å². The Morgan fingerprint density at radius 1 is 1.22 bits per heavy atom. The predicted octanol–water partition coefficient (Wildman–Crippen LogP) is 4.97. The van der Waals surface area contributed by atoms with Gasteiger partial charge in [0, 0.05) is 5.92 Å². The lowest BCUT2D eigenvalue weighted by Gasteiger charge is -2.18. The van der Waals surface area contributed by atoms with Crippen LogP contribution in [-0.2, 0) is 12.8 Å². The Hall–Kier alpha value is -1.04. The lowest BCUT2D eigenvalue weighted by Crippen LogP contribution is -2.09. The van der Waals surface area contributed by atoms with Gasteiger partial charge in [0.1, 0.15) is 0 Å². The van der Waals surface area contributed by atoms with E-state index in [2.05, 4.69) is 52.0 Å². The summed E-state index contributed by atoms with van der Waals surface area (Å²) in [6, 6.07) is 4.97. The van der Waals surface area contributed by atoms with Gasteiger partial charge in [0.25, 0.3) is 0 Å². The van der Waals surface area contributed by atoms with Crippen molar-refractivity contribution < 1.29 is 0 Å². The average Bonchev–Trinajstić information content (AvgIpc) is 2.82. The Bertz CT molecular complexity index is 505. The summed E-state index contributed by atoms with van der Waals surface area (Å²) in [6.45, 7) is 9.45. The van der Waals surface area contributed by atoms with Crippen molar-refractivity contribution in [3.63, 3.8) is 0 Å². The summed E-state index contributed by atoms with van der Waals surface area (Å²) in [5, 5.41) is 0. The van der Waals surface area contributed by atoms with Gasteiger partial charge in [-0.25, -0.2) is 0 Å². The molecule has 2 unspecified atom stereocenters. The maximum Gasteiger partial charge on any atom is 0.00528 e. The van der Waals surface area contributed by atoms with Crippen molar-refractivity contribution in [2.24, 2.45) is 11.3 Å². The average molecular weight is 240 g/mol. The molecule has 3 rings (SSSR count). The van der Waals surface area contributed by atoms with Crippen LogP contribution >= 0.6 is 0 Å². The monoisotopic (exact) mass is 240 g/mol. The van der Waals surface area contributed by atoms with Crippen molar-refractivity contribution in [3.05, 3.63) is 40.5 Å². The minimum absolute atomic E-state index is 0.465. The number of fused-ring (bicyclic) bond motifs is 2. The maximum atomic E-state index is 2.51. The smallest absolute Gasteiger partial charge is 0.00528 e. The third kappa shape index (κ3) is 1.83. The van der Waals surface area contributed by atoms with E-state index in [1.54, 1.807) is 16.7 Å². The van der Waals surface area contributed by atoms with Crippen LogP contribution in [-0.4, -0.2) is 0 Å². The molecule has 2 atom stereocenters. The van der Waals surface area contributed by atoms with E-state index in [0.29, 0.717) is 11.3 Å². The van der Waals surface area contributed by atoms with Crippen LogP contribution in [0.15, 0.2) is 18.2 Å². The summed E-state index contributed by atoms with van der Waals surface area (Å²) >= 11 is 0.